The maximum Gasteiger partial charge on any atom is 0.341 e. The topological polar surface area (TPSA) is 68.3 Å². The summed E-state index contributed by atoms with van der Waals surface area (Å²) in [6.07, 6.45) is 2.76. The van der Waals surface area contributed by atoms with Crippen LogP contribution in [0.2, 0.25) is 0 Å². The Kier molecular flexibility index (Phi) is 6.15. The number of carbonyl (C=O) groups is 2. The fraction of sp³-hybridized carbons (Fsp3) is 0.276. The van der Waals surface area contributed by atoms with Crippen LogP contribution in [0.25, 0.3) is 22.2 Å². The monoisotopic (exact) mass is 484 g/mol. The van der Waals surface area contributed by atoms with E-state index in [1.807, 2.05) is 36.4 Å². The molecule has 2 aromatic carbocycles. The molecule has 0 aliphatic heterocycles. The second-order valence-corrected chi connectivity index (χ2v) is 10.5. The summed E-state index contributed by atoms with van der Waals surface area (Å²) >= 11 is 1.49. The second-order valence-electron chi connectivity index (χ2n) is 9.37. The second kappa shape index (κ2) is 9.27. The zero-order valence-electron chi connectivity index (χ0n) is 20.4. The molecule has 35 heavy (non-hydrogen) atoms. The molecule has 6 heteroatoms. The fourth-order valence-electron chi connectivity index (χ4n) is 4.74. The number of hydrogen-bond acceptors (Lipinski definition) is 5. The molecule has 0 radical (unpaired) electrons. The third-order valence-corrected chi connectivity index (χ3v) is 8.06. The van der Waals surface area contributed by atoms with E-state index in [9.17, 15) is 9.59 Å². The molecule has 2 heterocycles. The van der Waals surface area contributed by atoms with Crippen molar-refractivity contribution in [3.05, 3.63) is 81.2 Å². The van der Waals surface area contributed by atoms with Gasteiger partial charge in [0.1, 0.15) is 5.00 Å². The Morgan fingerprint density at radius 2 is 1.89 bits per heavy atom. The van der Waals surface area contributed by atoms with Crippen LogP contribution in [-0.4, -0.2) is 24.0 Å². The van der Waals surface area contributed by atoms with E-state index in [1.165, 1.54) is 29.6 Å². The molecule has 0 fully saturated rings. The summed E-state index contributed by atoms with van der Waals surface area (Å²) in [5, 5.41) is 4.39. The van der Waals surface area contributed by atoms with Crippen LogP contribution in [-0.2, 0) is 17.6 Å². The maximum atomic E-state index is 13.7. The normalized spacial score (nSPS) is 15.0. The number of anilines is 1. The van der Waals surface area contributed by atoms with Crippen molar-refractivity contribution in [2.45, 2.75) is 40.0 Å². The number of ether oxygens (including phenoxy) is 1. The third-order valence-electron chi connectivity index (χ3n) is 6.89. The SMILES string of the molecule is COC(=O)c1c(NC(=O)c2cc(-c3ccc(C)c(C)c3)nc3ccccc23)sc2c1CC[C@@H](C)C2. The van der Waals surface area contributed by atoms with Gasteiger partial charge in [-0.2, -0.15) is 0 Å². The summed E-state index contributed by atoms with van der Waals surface area (Å²) in [6.45, 7) is 6.36. The highest BCUT2D eigenvalue weighted by Gasteiger charge is 2.29. The number of rotatable bonds is 4. The van der Waals surface area contributed by atoms with Crippen molar-refractivity contribution in [1.29, 1.82) is 0 Å². The summed E-state index contributed by atoms with van der Waals surface area (Å²) in [7, 11) is 1.38. The van der Waals surface area contributed by atoms with E-state index in [-0.39, 0.29) is 5.91 Å². The molecule has 4 aromatic rings. The van der Waals surface area contributed by atoms with Crippen LogP contribution in [0.1, 0.15) is 55.6 Å². The van der Waals surface area contributed by atoms with E-state index in [2.05, 4.69) is 38.2 Å². The van der Waals surface area contributed by atoms with Crippen molar-refractivity contribution in [1.82, 2.24) is 4.98 Å². The highest BCUT2D eigenvalue weighted by Crippen LogP contribution is 2.40. The maximum absolute atomic E-state index is 13.7. The molecule has 1 amide bonds. The summed E-state index contributed by atoms with van der Waals surface area (Å²) < 4.78 is 5.09. The smallest absolute Gasteiger partial charge is 0.341 e. The van der Waals surface area contributed by atoms with E-state index < -0.39 is 5.97 Å². The van der Waals surface area contributed by atoms with Crippen LogP contribution in [0.5, 0.6) is 0 Å². The van der Waals surface area contributed by atoms with Gasteiger partial charge in [-0.15, -0.1) is 11.3 Å². The first kappa shape index (κ1) is 23.2. The van der Waals surface area contributed by atoms with Gasteiger partial charge in [0.25, 0.3) is 5.91 Å². The largest absolute Gasteiger partial charge is 0.465 e. The summed E-state index contributed by atoms with van der Waals surface area (Å²) in [5.74, 6) is -0.104. The molecule has 1 aliphatic carbocycles. The molecule has 0 bridgehead atoms. The average Bonchev–Trinajstić information content (AvgIpc) is 3.21. The number of carbonyl (C=O) groups excluding carboxylic acids is 2. The van der Waals surface area contributed by atoms with Crippen molar-refractivity contribution >= 4 is 39.1 Å². The summed E-state index contributed by atoms with van der Waals surface area (Å²) in [5.41, 5.74) is 6.88. The van der Waals surface area contributed by atoms with Crippen molar-refractivity contribution in [3.8, 4) is 11.3 Å². The molecule has 1 atom stereocenters. The predicted octanol–water partition coefficient (Wildman–Crippen LogP) is 6.74. The Labute approximate surface area is 209 Å². The van der Waals surface area contributed by atoms with Crippen LogP contribution in [0.3, 0.4) is 0 Å². The number of thiophene rings is 1. The van der Waals surface area contributed by atoms with Gasteiger partial charge in [-0.05, 0) is 73.9 Å². The zero-order chi connectivity index (χ0) is 24.7. The van der Waals surface area contributed by atoms with Gasteiger partial charge in [0, 0.05) is 15.8 Å². The molecule has 178 valence electrons. The van der Waals surface area contributed by atoms with Gasteiger partial charge in [-0.1, -0.05) is 37.3 Å². The van der Waals surface area contributed by atoms with Crippen LogP contribution >= 0.6 is 11.3 Å². The molecule has 5 nitrogen and oxygen atoms in total. The number of hydrogen-bond donors (Lipinski definition) is 1. The first-order valence-electron chi connectivity index (χ1n) is 11.9. The minimum absolute atomic E-state index is 0.259. The lowest BCUT2D eigenvalue weighted by Crippen LogP contribution is -2.16. The molecule has 0 saturated heterocycles. The van der Waals surface area contributed by atoms with E-state index in [1.54, 1.807) is 0 Å². The number of nitrogens with zero attached hydrogens (tertiary/aromatic N) is 1. The highest BCUT2D eigenvalue weighted by molar-refractivity contribution is 7.17. The van der Waals surface area contributed by atoms with E-state index in [0.717, 1.165) is 51.9 Å². The number of fused-ring (bicyclic) bond motifs is 2. The standard InChI is InChI=1S/C29H28N2O3S/c1-16-9-12-21-25(13-16)35-28(26(21)29(33)34-4)31-27(32)22-15-24(19-11-10-17(2)18(3)14-19)30-23-8-6-5-7-20(22)23/h5-8,10-11,14-16H,9,12-13H2,1-4H3,(H,31,32)/t16-/m1/s1. The molecule has 5 rings (SSSR count). The highest BCUT2D eigenvalue weighted by atomic mass is 32.1. The third kappa shape index (κ3) is 4.34. The molecule has 2 aromatic heterocycles. The van der Waals surface area contributed by atoms with E-state index >= 15 is 0 Å². The van der Waals surface area contributed by atoms with Crippen molar-refractivity contribution in [3.63, 3.8) is 0 Å². The van der Waals surface area contributed by atoms with Crippen molar-refractivity contribution in [2.75, 3.05) is 12.4 Å². The Bertz CT molecular complexity index is 1470. The Morgan fingerprint density at radius 1 is 1.09 bits per heavy atom. The number of nitrogens with one attached hydrogen (secondary N) is 1. The van der Waals surface area contributed by atoms with Gasteiger partial charge < -0.3 is 10.1 Å². The summed E-state index contributed by atoms with van der Waals surface area (Å²) in [4.78, 5) is 32.4. The Morgan fingerprint density at radius 3 is 2.66 bits per heavy atom. The minimum atomic E-state index is -0.400. The first-order valence-corrected chi connectivity index (χ1v) is 12.7. The zero-order valence-corrected chi connectivity index (χ0v) is 21.2. The van der Waals surface area contributed by atoms with Crippen molar-refractivity contribution < 1.29 is 14.3 Å². The van der Waals surface area contributed by atoms with Gasteiger partial charge in [0.2, 0.25) is 0 Å². The van der Waals surface area contributed by atoms with E-state index in [4.69, 9.17) is 9.72 Å². The van der Waals surface area contributed by atoms with Gasteiger partial charge >= 0.3 is 5.97 Å². The number of aryl methyl sites for hydroxylation is 2. The number of esters is 1. The minimum Gasteiger partial charge on any atom is -0.465 e. The Hall–Kier alpha value is -3.51. The van der Waals surface area contributed by atoms with Gasteiger partial charge in [-0.25, -0.2) is 9.78 Å². The number of amides is 1. The molecular formula is C29H28N2O3S. The molecular weight excluding hydrogens is 456 g/mol. The lowest BCUT2D eigenvalue weighted by atomic mass is 9.88. The van der Waals surface area contributed by atoms with Gasteiger partial charge in [-0.3, -0.25) is 4.79 Å². The van der Waals surface area contributed by atoms with Crippen LogP contribution in [0.15, 0.2) is 48.5 Å². The van der Waals surface area contributed by atoms with Gasteiger partial charge in [0.05, 0.1) is 29.4 Å². The lowest BCUT2D eigenvalue weighted by Gasteiger charge is -2.18. The molecule has 0 unspecified atom stereocenters. The molecule has 1 aliphatic rings. The Balaban J connectivity index is 1.59. The van der Waals surface area contributed by atoms with Crippen LogP contribution < -0.4 is 5.32 Å². The average molecular weight is 485 g/mol. The fourth-order valence-corrected chi connectivity index (χ4v) is 6.13. The molecule has 0 spiro atoms. The van der Waals surface area contributed by atoms with Crippen molar-refractivity contribution in [2.24, 2.45) is 5.92 Å². The number of aromatic nitrogens is 1. The van der Waals surface area contributed by atoms with Gasteiger partial charge in [0.15, 0.2) is 0 Å². The van der Waals surface area contributed by atoms with Crippen LogP contribution in [0, 0.1) is 19.8 Å². The van der Waals surface area contributed by atoms with Crippen LogP contribution in [0.4, 0.5) is 5.00 Å². The number of para-hydroxylation sites is 1. The molecule has 1 N–H and O–H groups in total. The van der Waals surface area contributed by atoms with E-state index in [0.29, 0.717) is 22.0 Å². The summed E-state index contributed by atoms with van der Waals surface area (Å²) in [6, 6.07) is 15.7. The lowest BCUT2D eigenvalue weighted by molar-refractivity contribution is 0.0601. The number of pyridine rings is 1. The quantitative estimate of drug-likeness (QED) is 0.326. The number of benzene rings is 2. The first-order chi connectivity index (χ1) is 16.9. The number of methoxy groups -OCH3 is 1. The molecule has 0 saturated carbocycles. The predicted molar refractivity (Wildman–Crippen MR) is 141 cm³/mol.